The minimum absolute atomic E-state index is 0.157. The molecule has 4 aromatic rings. The van der Waals surface area contributed by atoms with Crippen LogP contribution in [0.25, 0.3) is 22.3 Å². The van der Waals surface area contributed by atoms with Gasteiger partial charge in [-0.3, -0.25) is 9.67 Å². The van der Waals surface area contributed by atoms with Gasteiger partial charge in [0.1, 0.15) is 11.5 Å². The summed E-state index contributed by atoms with van der Waals surface area (Å²) in [6.07, 6.45) is 6.57. The molecule has 7 nitrogen and oxygen atoms in total. The molecule has 4 rings (SSSR count). The SMILES string of the molecule is CCn1cc(-c2cnc3ccc(C(CCNC)c4cc(OC)cc(OC)c4)cc3n2)cn1. The molecular weight excluding hydrogens is 402 g/mol. The number of hydrogen-bond acceptors (Lipinski definition) is 6. The lowest BCUT2D eigenvalue weighted by molar-refractivity contribution is 0.393. The number of hydrogen-bond donors (Lipinski definition) is 1. The summed E-state index contributed by atoms with van der Waals surface area (Å²) >= 11 is 0. The Morgan fingerprint density at radius 3 is 2.41 bits per heavy atom. The number of fused-ring (bicyclic) bond motifs is 1. The first-order valence-corrected chi connectivity index (χ1v) is 10.8. The molecule has 32 heavy (non-hydrogen) atoms. The highest BCUT2D eigenvalue weighted by molar-refractivity contribution is 5.78. The van der Waals surface area contributed by atoms with Crippen LogP contribution in [0.1, 0.15) is 30.4 Å². The maximum absolute atomic E-state index is 5.51. The number of nitrogens with one attached hydrogen (secondary N) is 1. The summed E-state index contributed by atoms with van der Waals surface area (Å²) in [5, 5.41) is 7.63. The zero-order valence-corrected chi connectivity index (χ0v) is 19.0. The van der Waals surface area contributed by atoms with Crippen molar-refractivity contribution in [1.82, 2.24) is 25.1 Å². The highest BCUT2D eigenvalue weighted by Gasteiger charge is 2.18. The number of ether oxygens (including phenoxy) is 2. The summed E-state index contributed by atoms with van der Waals surface area (Å²) in [6.45, 7) is 3.76. The maximum Gasteiger partial charge on any atom is 0.122 e. The molecule has 2 aromatic heterocycles. The van der Waals surface area contributed by atoms with E-state index in [1.165, 1.54) is 5.56 Å². The Bertz CT molecular complexity index is 1180. The van der Waals surface area contributed by atoms with Crippen LogP contribution in [0.3, 0.4) is 0 Å². The normalized spacial score (nSPS) is 12.1. The van der Waals surface area contributed by atoms with Crippen LogP contribution in [0.5, 0.6) is 11.5 Å². The maximum atomic E-state index is 5.51. The molecule has 0 aliphatic heterocycles. The minimum atomic E-state index is 0.157. The Balaban J connectivity index is 1.77. The van der Waals surface area contributed by atoms with Crippen LogP contribution >= 0.6 is 0 Å². The van der Waals surface area contributed by atoms with Crippen molar-refractivity contribution in [2.45, 2.75) is 25.8 Å². The van der Waals surface area contributed by atoms with Gasteiger partial charge in [0, 0.05) is 30.3 Å². The van der Waals surface area contributed by atoms with Crippen molar-refractivity contribution in [3.8, 4) is 22.8 Å². The molecule has 0 aliphatic carbocycles. The number of nitrogens with zero attached hydrogens (tertiary/aromatic N) is 4. The van der Waals surface area contributed by atoms with E-state index < -0.39 is 0 Å². The molecule has 0 spiro atoms. The topological polar surface area (TPSA) is 74.1 Å². The second-order valence-corrected chi connectivity index (χ2v) is 7.68. The monoisotopic (exact) mass is 431 g/mol. The lowest BCUT2D eigenvalue weighted by Gasteiger charge is -2.20. The van der Waals surface area contributed by atoms with Crippen molar-refractivity contribution in [2.24, 2.45) is 0 Å². The van der Waals surface area contributed by atoms with Crippen molar-refractivity contribution in [3.63, 3.8) is 0 Å². The summed E-state index contributed by atoms with van der Waals surface area (Å²) in [7, 11) is 5.32. The smallest absolute Gasteiger partial charge is 0.122 e. The van der Waals surface area contributed by atoms with Gasteiger partial charge in [-0.1, -0.05) is 6.07 Å². The van der Waals surface area contributed by atoms with Gasteiger partial charge in [0.2, 0.25) is 0 Å². The molecule has 0 saturated heterocycles. The van der Waals surface area contributed by atoms with Gasteiger partial charge in [0.15, 0.2) is 0 Å². The lowest BCUT2D eigenvalue weighted by Crippen LogP contribution is -2.13. The number of aromatic nitrogens is 4. The Hall–Kier alpha value is -3.45. The summed E-state index contributed by atoms with van der Waals surface area (Å²) in [6, 6.07) is 12.4. The molecule has 2 heterocycles. The van der Waals surface area contributed by atoms with Gasteiger partial charge in [-0.25, -0.2) is 4.98 Å². The third-order valence-corrected chi connectivity index (χ3v) is 5.68. The zero-order chi connectivity index (χ0) is 22.5. The second kappa shape index (κ2) is 9.78. The first-order chi connectivity index (χ1) is 15.6. The lowest BCUT2D eigenvalue weighted by atomic mass is 9.88. The van der Waals surface area contributed by atoms with Crippen LogP contribution in [-0.2, 0) is 6.54 Å². The van der Waals surface area contributed by atoms with Crippen LogP contribution in [0.15, 0.2) is 55.0 Å². The third-order valence-electron chi connectivity index (χ3n) is 5.68. The molecule has 0 amide bonds. The summed E-state index contributed by atoms with van der Waals surface area (Å²) in [4.78, 5) is 9.53. The van der Waals surface area contributed by atoms with Crippen LogP contribution in [0.2, 0.25) is 0 Å². The van der Waals surface area contributed by atoms with Gasteiger partial charge in [-0.15, -0.1) is 0 Å². The van der Waals surface area contributed by atoms with Crippen LogP contribution in [0, 0.1) is 0 Å². The summed E-state index contributed by atoms with van der Waals surface area (Å²) in [5.41, 5.74) is 5.85. The predicted octanol–water partition coefficient (Wildman–Crippen LogP) is 4.27. The molecular formula is C25H29N5O2. The second-order valence-electron chi connectivity index (χ2n) is 7.68. The van der Waals surface area contributed by atoms with E-state index in [4.69, 9.17) is 14.5 Å². The Labute approximate surface area is 188 Å². The average molecular weight is 432 g/mol. The highest BCUT2D eigenvalue weighted by Crippen LogP contribution is 2.34. The van der Waals surface area contributed by atoms with Gasteiger partial charge in [-0.2, -0.15) is 5.10 Å². The standard InChI is InChI=1S/C25H29N5O2/c1-5-30-16-19(14-28-30)25-15-27-23-7-6-17(12-24(23)29-25)22(8-9-26-2)18-10-20(31-3)13-21(11-18)32-4/h6-7,10-16,22,26H,5,8-9H2,1-4H3. The molecule has 1 atom stereocenters. The van der Waals surface area contributed by atoms with E-state index in [1.807, 2.05) is 42.5 Å². The minimum Gasteiger partial charge on any atom is -0.497 e. The number of benzene rings is 2. The van der Waals surface area contributed by atoms with Crippen LogP contribution < -0.4 is 14.8 Å². The Morgan fingerprint density at radius 2 is 1.75 bits per heavy atom. The third kappa shape index (κ3) is 4.57. The quantitative estimate of drug-likeness (QED) is 0.427. The highest BCUT2D eigenvalue weighted by atomic mass is 16.5. The van der Waals surface area contributed by atoms with Crippen LogP contribution in [0.4, 0.5) is 0 Å². The fraction of sp³-hybridized carbons (Fsp3) is 0.320. The van der Waals surface area contributed by atoms with Gasteiger partial charge in [0.05, 0.1) is 43.3 Å². The van der Waals surface area contributed by atoms with E-state index in [1.54, 1.807) is 14.2 Å². The molecule has 0 aliphatic rings. The summed E-state index contributed by atoms with van der Waals surface area (Å²) in [5.74, 6) is 1.72. The van der Waals surface area contributed by atoms with E-state index in [-0.39, 0.29) is 5.92 Å². The number of rotatable bonds is 9. The van der Waals surface area contributed by atoms with Crippen molar-refractivity contribution in [3.05, 3.63) is 66.1 Å². The van der Waals surface area contributed by atoms with Gasteiger partial charge in [-0.05, 0) is 62.3 Å². The number of aryl methyl sites for hydroxylation is 1. The van der Waals surface area contributed by atoms with Crippen molar-refractivity contribution < 1.29 is 9.47 Å². The fourth-order valence-corrected chi connectivity index (χ4v) is 3.90. The predicted molar refractivity (Wildman–Crippen MR) is 126 cm³/mol. The van der Waals surface area contributed by atoms with Crippen molar-refractivity contribution in [2.75, 3.05) is 27.8 Å². The van der Waals surface area contributed by atoms with E-state index in [9.17, 15) is 0 Å². The van der Waals surface area contributed by atoms with Crippen molar-refractivity contribution >= 4 is 11.0 Å². The van der Waals surface area contributed by atoms with Gasteiger partial charge < -0.3 is 14.8 Å². The molecule has 0 bridgehead atoms. The zero-order valence-electron chi connectivity index (χ0n) is 19.0. The Morgan fingerprint density at radius 1 is 0.969 bits per heavy atom. The molecule has 166 valence electrons. The summed E-state index contributed by atoms with van der Waals surface area (Å²) < 4.78 is 12.9. The van der Waals surface area contributed by atoms with E-state index in [0.717, 1.165) is 58.9 Å². The Kier molecular flexibility index (Phi) is 6.66. The molecule has 1 unspecified atom stereocenters. The molecule has 2 aromatic carbocycles. The molecule has 7 heteroatoms. The fourth-order valence-electron chi connectivity index (χ4n) is 3.90. The van der Waals surface area contributed by atoms with E-state index >= 15 is 0 Å². The largest absolute Gasteiger partial charge is 0.497 e. The van der Waals surface area contributed by atoms with Gasteiger partial charge in [0.25, 0.3) is 0 Å². The molecule has 1 N–H and O–H groups in total. The average Bonchev–Trinajstić information content (AvgIpc) is 3.33. The first kappa shape index (κ1) is 21.8. The molecule has 0 fully saturated rings. The molecule has 0 saturated carbocycles. The van der Waals surface area contributed by atoms with Crippen LogP contribution in [-0.4, -0.2) is 47.6 Å². The van der Waals surface area contributed by atoms with Gasteiger partial charge >= 0.3 is 0 Å². The van der Waals surface area contributed by atoms with E-state index in [0.29, 0.717) is 0 Å². The van der Waals surface area contributed by atoms with Crippen molar-refractivity contribution in [1.29, 1.82) is 0 Å². The first-order valence-electron chi connectivity index (χ1n) is 10.8. The molecule has 0 radical (unpaired) electrons. The van der Waals surface area contributed by atoms with E-state index in [2.05, 4.69) is 46.6 Å². The number of methoxy groups -OCH3 is 2.